The molecule has 1 heterocycles. The van der Waals surface area contributed by atoms with Crippen molar-refractivity contribution in [1.29, 1.82) is 0 Å². The lowest BCUT2D eigenvalue weighted by Gasteiger charge is -2.17. The van der Waals surface area contributed by atoms with E-state index < -0.39 is 5.97 Å². The molecule has 0 fully saturated rings. The van der Waals surface area contributed by atoms with Crippen molar-refractivity contribution >= 4 is 27.6 Å². The van der Waals surface area contributed by atoms with Crippen molar-refractivity contribution in [2.75, 3.05) is 19.8 Å². The average molecular weight is 431 g/mol. The van der Waals surface area contributed by atoms with Crippen LogP contribution in [0.25, 0.3) is 32.9 Å². The van der Waals surface area contributed by atoms with Crippen LogP contribution in [0.5, 0.6) is 17.2 Å². The number of carboxylic acids is 1. The monoisotopic (exact) mass is 431 g/mol. The largest absolute Gasteiger partial charge is 0.493 e. The molecule has 32 heavy (non-hydrogen) atoms. The van der Waals surface area contributed by atoms with E-state index in [1.54, 1.807) is 18.2 Å². The van der Waals surface area contributed by atoms with Gasteiger partial charge >= 0.3 is 5.97 Å². The molecule has 0 saturated heterocycles. The zero-order valence-corrected chi connectivity index (χ0v) is 18.3. The second-order valence-corrected chi connectivity index (χ2v) is 7.17. The fourth-order valence-electron chi connectivity index (χ4n) is 3.78. The van der Waals surface area contributed by atoms with Crippen molar-refractivity contribution in [2.45, 2.75) is 20.8 Å². The Morgan fingerprint density at radius 1 is 0.812 bits per heavy atom. The van der Waals surface area contributed by atoms with Crippen molar-refractivity contribution < 1.29 is 24.1 Å². The average Bonchev–Trinajstić information content (AvgIpc) is 2.79. The number of rotatable bonds is 8. The third kappa shape index (κ3) is 4.04. The van der Waals surface area contributed by atoms with Gasteiger partial charge in [-0.2, -0.15) is 0 Å². The van der Waals surface area contributed by atoms with E-state index in [-0.39, 0.29) is 5.56 Å². The summed E-state index contributed by atoms with van der Waals surface area (Å²) in [6.45, 7) is 7.08. The first-order valence-corrected chi connectivity index (χ1v) is 10.7. The topological polar surface area (TPSA) is 77.9 Å². The highest BCUT2D eigenvalue weighted by Crippen LogP contribution is 2.41. The molecule has 0 unspecified atom stereocenters. The number of nitrogens with zero attached hydrogens (tertiary/aromatic N) is 1. The molecule has 4 aromatic rings. The van der Waals surface area contributed by atoms with Crippen LogP contribution in [0.2, 0.25) is 0 Å². The van der Waals surface area contributed by atoms with Gasteiger partial charge in [-0.05, 0) is 55.8 Å². The molecule has 4 rings (SSSR count). The van der Waals surface area contributed by atoms with E-state index >= 15 is 0 Å². The number of fused-ring (bicyclic) bond motifs is 2. The summed E-state index contributed by atoms with van der Waals surface area (Å²) in [4.78, 5) is 17.0. The maximum absolute atomic E-state index is 12.2. The minimum atomic E-state index is -1.01. The number of hydrogen-bond donors (Lipinski definition) is 1. The van der Waals surface area contributed by atoms with Gasteiger partial charge < -0.3 is 19.3 Å². The Morgan fingerprint density at radius 3 is 2.03 bits per heavy atom. The first-order chi connectivity index (χ1) is 15.5. The third-order valence-corrected chi connectivity index (χ3v) is 5.13. The minimum Gasteiger partial charge on any atom is -0.493 e. The van der Waals surface area contributed by atoms with E-state index in [0.29, 0.717) is 59.2 Å². The van der Waals surface area contributed by atoms with Gasteiger partial charge in [-0.3, -0.25) is 0 Å². The maximum Gasteiger partial charge on any atom is 0.336 e. The maximum atomic E-state index is 12.2. The first kappa shape index (κ1) is 21.4. The molecule has 0 radical (unpaired) electrons. The van der Waals surface area contributed by atoms with Gasteiger partial charge in [0.25, 0.3) is 0 Å². The van der Waals surface area contributed by atoms with Gasteiger partial charge in [0.1, 0.15) is 5.75 Å². The van der Waals surface area contributed by atoms with Gasteiger partial charge in [0, 0.05) is 17.0 Å². The lowest BCUT2D eigenvalue weighted by atomic mass is 10.00. The highest BCUT2D eigenvalue weighted by molar-refractivity contribution is 6.08. The van der Waals surface area contributed by atoms with Gasteiger partial charge in [0.15, 0.2) is 11.5 Å². The molecule has 0 saturated carbocycles. The highest BCUT2D eigenvalue weighted by atomic mass is 16.5. The zero-order chi connectivity index (χ0) is 22.7. The summed E-state index contributed by atoms with van der Waals surface area (Å²) in [6.07, 6.45) is 0. The van der Waals surface area contributed by atoms with Gasteiger partial charge in [0.2, 0.25) is 0 Å². The lowest BCUT2D eigenvalue weighted by molar-refractivity contribution is 0.0699. The molecule has 164 valence electrons. The molecule has 0 aliphatic rings. The Hall–Kier alpha value is -3.80. The number of pyridine rings is 1. The van der Waals surface area contributed by atoms with Gasteiger partial charge in [0.05, 0.1) is 36.6 Å². The Kier molecular flexibility index (Phi) is 6.12. The van der Waals surface area contributed by atoms with Crippen molar-refractivity contribution in [2.24, 2.45) is 0 Å². The smallest absolute Gasteiger partial charge is 0.336 e. The molecule has 0 spiro atoms. The molecule has 6 heteroatoms. The van der Waals surface area contributed by atoms with Crippen LogP contribution in [0.4, 0.5) is 0 Å². The van der Waals surface area contributed by atoms with Crippen LogP contribution in [0, 0.1) is 0 Å². The summed E-state index contributed by atoms with van der Waals surface area (Å²) < 4.78 is 17.4. The van der Waals surface area contributed by atoms with Gasteiger partial charge in [-0.15, -0.1) is 0 Å². The Morgan fingerprint density at radius 2 is 1.41 bits per heavy atom. The highest BCUT2D eigenvalue weighted by Gasteiger charge is 2.19. The van der Waals surface area contributed by atoms with Crippen molar-refractivity contribution in [3.63, 3.8) is 0 Å². The standard InChI is InChI=1S/C26H25NO5/c1-4-30-23-15-25(32-6-3)24(31-5-2)14-20(23)22-13-19(26(28)29)18-11-16-9-7-8-10-17(16)12-21(18)27-22/h7-15H,4-6H2,1-3H3,(H,28,29). The minimum absolute atomic E-state index is 0.185. The van der Waals surface area contributed by atoms with Crippen LogP contribution in [0.3, 0.4) is 0 Å². The molecule has 0 atom stereocenters. The molecule has 0 amide bonds. The van der Waals surface area contributed by atoms with E-state index in [9.17, 15) is 9.90 Å². The van der Waals surface area contributed by atoms with E-state index in [2.05, 4.69) is 0 Å². The second-order valence-electron chi connectivity index (χ2n) is 7.17. The van der Waals surface area contributed by atoms with E-state index in [1.165, 1.54) is 0 Å². The Labute approximate surface area is 186 Å². The number of aromatic nitrogens is 1. The summed E-state index contributed by atoms with van der Waals surface area (Å²) in [6, 6.07) is 16.8. The number of carboxylic acid groups (broad SMARTS) is 1. The van der Waals surface area contributed by atoms with Gasteiger partial charge in [-0.25, -0.2) is 9.78 Å². The Bertz CT molecular complexity index is 1300. The van der Waals surface area contributed by atoms with Crippen LogP contribution in [0.1, 0.15) is 31.1 Å². The normalized spacial score (nSPS) is 11.0. The molecule has 6 nitrogen and oxygen atoms in total. The Balaban J connectivity index is 2.00. The number of benzene rings is 3. The second kappa shape index (κ2) is 9.14. The van der Waals surface area contributed by atoms with Crippen molar-refractivity contribution in [3.05, 3.63) is 60.2 Å². The molecule has 1 aromatic heterocycles. The molecule has 1 N–H and O–H groups in total. The molecular weight excluding hydrogens is 406 g/mol. The zero-order valence-electron chi connectivity index (χ0n) is 18.3. The van der Waals surface area contributed by atoms with Crippen LogP contribution in [-0.2, 0) is 0 Å². The van der Waals surface area contributed by atoms with E-state index in [0.717, 1.165) is 10.8 Å². The molecule has 0 aliphatic carbocycles. The quantitative estimate of drug-likeness (QED) is 0.347. The third-order valence-electron chi connectivity index (χ3n) is 5.13. The first-order valence-electron chi connectivity index (χ1n) is 10.7. The molecular formula is C26H25NO5. The summed E-state index contributed by atoms with van der Waals surface area (Å²) in [7, 11) is 0. The van der Waals surface area contributed by atoms with E-state index in [1.807, 2.05) is 57.2 Å². The van der Waals surface area contributed by atoms with Gasteiger partial charge in [-0.1, -0.05) is 24.3 Å². The predicted molar refractivity (Wildman–Crippen MR) is 125 cm³/mol. The van der Waals surface area contributed by atoms with Crippen LogP contribution >= 0.6 is 0 Å². The molecule has 0 bridgehead atoms. The summed E-state index contributed by atoms with van der Waals surface area (Å²) >= 11 is 0. The molecule has 3 aromatic carbocycles. The number of ether oxygens (including phenoxy) is 3. The van der Waals surface area contributed by atoms with Crippen LogP contribution in [0.15, 0.2) is 54.6 Å². The summed E-state index contributed by atoms with van der Waals surface area (Å²) in [5.41, 5.74) is 1.94. The number of aromatic carboxylic acids is 1. The lowest BCUT2D eigenvalue weighted by Crippen LogP contribution is -2.04. The fourth-order valence-corrected chi connectivity index (χ4v) is 3.78. The van der Waals surface area contributed by atoms with Crippen LogP contribution in [-0.4, -0.2) is 35.9 Å². The van der Waals surface area contributed by atoms with E-state index in [4.69, 9.17) is 19.2 Å². The van der Waals surface area contributed by atoms with Crippen molar-refractivity contribution in [1.82, 2.24) is 4.98 Å². The summed E-state index contributed by atoms with van der Waals surface area (Å²) in [5, 5.41) is 12.5. The SMILES string of the molecule is CCOc1cc(OCC)c(-c2cc(C(=O)O)c3cc4ccccc4cc3n2)cc1OCC. The predicted octanol–water partition coefficient (Wildman–Crippen LogP) is 5.95. The van der Waals surface area contributed by atoms with Crippen LogP contribution < -0.4 is 14.2 Å². The summed E-state index contributed by atoms with van der Waals surface area (Å²) in [5.74, 6) is 0.683. The van der Waals surface area contributed by atoms with Crippen molar-refractivity contribution in [3.8, 4) is 28.5 Å². The molecule has 0 aliphatic heterocycles. The number of carbonyl (C=O) groups is 1. The number of hydrogen-bond acceptors (Lipinski definition) is 5. The fraction of sp³-hybridized carbons (Fsp3) is 0.231.